The third-order valence-electron chi connectivity index (χ3n) is 3.33. The molecule has 0 bridgehead atoms. The Morgan fingerprint density at radius 2 is 2.07 bits per heavy atom. The van der Waals surface area contributed by atoms with E-state index in [4.69, 9.17) is 4.74 Å². The van der Waals surface area contributed by atoms with Crippen molar-refractivity contribution in [2.75, 3.05) is 26.8 Å². The smallest absolute Gasteiger partial charge is 0.0897 e. The van der Waals surface area contributed by atoms with Gasteiger partial charge < -0.3 is 15.2 Å². The molecule has 0 aromatic heterocycles. The number of hydrogen-bond acceptors (Lipinski definition) is 3. The van der Waals surface area contributed by atoms with Crippen LogP contribution in [0, 0.1) is 11.3 Å². The molecule has 0 heterocycles. The molecule has 0 saturated heterocycles. The molecule has 0 amide bonds. The molecule has 1 saturated carbocycles. The third-order valence-corrected chi connectivity index (χ3v) is 3.33. The zero-order valence-corrected chi connectivity index (χ0v) is 9.55. The van der Waals surface area contributed by atoms with Gasteiger partial charge in [0.2, 0.25) is 0 Å². The van der Waals surface area contributed by atoms with Gasteiger partial charge in [0.15, 0.2) is 0 Å². The second kappa shape index (κ2) is 5.10. The van der Waals surface area contributed by atoms with Gasteiger partial charge in [-0.2, -0.15) is 0 Å². The Hall–Kier alpha value is -0.120. The zero-order valence-electron chi connectivity index (χ0n) is 9.55. The molecule has 0 radical (unpaired) electrons. The number of aliphatic hydroxyl groups excluding tert-OH is 1. The summed E-state index contributed by atoms with van der Waals surface area (Å²) in [6.07, 6.45) is 2.29. The Kier molecular flexibility index (Phi) is 4.35. The minimum Gasteiger partial charge on any atom is -0.389 e. The van der Waals surface area contributed by atoms with Gasteiger partial charge in [-0.25, -0.2) is 0 Å². The monoisotopic (exact) mass is 201 g/mol. The first-order valence-electron chi connectivity index (χ1n) is 5.48. The SMILES string of the molecule is COCC(O)CNCC1(C(C)C)CC1. The first-order chi connectivity index (χ1) is 6.60. The molecule has 1 atom stereocenters. The van der Waals surface area contributed by atoms with E-state index in [-0.39, 0.29) is 6.10 Å². The number of methoxy groups -OCH3 is 1. The predicted octanol–water partition coefficient (Wildman–Crippen LogP) is 1.02. The first kappa shape index (κ1) is 12.0. The summed E-state index contributed by atoms with van der Waals surface area (Å²) in [5.74, 6) is 0.745. The van der Waals surface area contributed by atoms with Gasteiger partial charge in [-0.3, -0.25) is 0 Å². The van der Waals surface area contributed by atoms with Crippen LogP contribution in [0.2, 0.25) is 0 Å². The van der Waals surface area contributed by atoms with Crippen LogP contribution in [0.4, 0.5) is 0 Å². The van der Waals surface area contributed by atoms with Gasteiger partial charge in [-0.15, -0.1) is 0 Å². The highest BCUT2D eigenvalue weighted by atomic mass is 16.5. The summed E-state index contributed by atoms with van der Waals surface area (Å²) >= 11 is 0. The molecule has 14 heavy (non-hydrogen) atoms. The minimum atomic E-state index is -0.372. The number of aliphatic hydroxyl groups is 1. The van der Waals surface area contributed by atoms with E-state index >= 15 is 0 Å². The predicted molar refractivity (Wildman–Crippen MR) is 57.3 cm³/mol. The van der Waals surface area contributed by atoms with E-state index in [0.29, 0.717) is 18.6 Å². The topological polar surface area (TPSA) is 41.5 Å². The van der Waals surface area contributed by atoms with E-state index in [1.807, 2.05) is 0 Å². The Morgan fingerprint density at radius 1 is 1.43 bits per heavy atom. The van der Waals surface area contributed by atoms with Crippen molar-refractivity contribution in [1.82, 2.24) is 5.32 Å². The normalized spacial score (nSPS) is 21.2. The van der Waals surface area contributed by atoms with Crippen LogP contribution in [0.15, 0.2) is 0 Å². The molecular formula is C11H23NO2. The lowest BCUT2D eigenvalue weighted by molar-refractivity contribution is 0.0633. The second-order valence-electron chi connectivity index (χ2n) is 4.76. The molecule has 3 nitrogen and oxygen atoms in total. The molecule has 84 valence electrons. The Morgan fingerprint density at radius 3 is 2.50 bits per heavy atom. The fraction of sp³-hybridized carbons (Fsp3) is 1.00. The molecule has 1 rings (SSSR count). The second-order valence-corrected chi connectivity index (χ2v) is 4.76. The highest BCUT2D eigenvalue weighted by Crippen LogP contribution is 2.51. The number of nitrogens with one attached hydrogen (secondary N) is 1. The summed E-state index contributed by atoms with van der Waals surface area (Å²) in [6, 6.07) is 0. The lowest BCUT2D eigenvalue weighted by Crippen LogP contribution is -2.35. The average Bonchev–Trinajstić information content (AvgIpc) is 2.86. The van der Waals surface area contributed by atoms with Crippen LogP contribution in [0.25, 0.3) is 0 Å². The summed E-state index contributed by atoms with van der Waals surface area (Å²) in [4.78, 5) is 0. The van der Waals surface area contributed by atoms with Crippen LogP contribution in [0.3, 0.4) is 0 Å². The standard InChI is InChI=1S/C11H23NO2/c1-9(2)11(4-5-11)8-12-6-10(13)7-14-3/h9-10,12-13H,4-8H2,1-3H3. The molecule has 0 aliphatic heterocycles. The van der Waals surface area contributed by atoms with Crippen LogP contribution < -0.4 is 5.32 Å². The lowest BCUT2D eigenvalue weighted by atomic mass is 9.92. The van der Waals surface area contributed by atoms with Gasteiger partial charge in [0.25, 0.3) is 0 Å². The largest absolute Gasteiger partial charge is 0.389 e. The molecule has 0 aromatic rings. The van der Waals surface area contributed by atoms with Crippen molar-refractivity contribution in [1.29, 1.82) is 0 Å². The molecule has 0 aromatic carbocycles. The highest BCUT2D eigenvalue weighted by molar-refractivity contribution is 4.97. The summed E-state index contributed by atoms with van der Waals surface area (Å²) in [6.45, 7) is 6.65. The van der Waals surface area contributed by atoms with Crippen LogP contribution in [-0.2, 0) is 4.74 Å². The number of hydrogen-bond donors (Lipinski definition) is 2. The fourth-order valence-electron chi connectivity index (χ4n) is 1.86. The van der Waals surface area contributed by atoms with E-state index < -0.39 is 0 Å². The number of ether oxygens (including phenoxy) is 1. The third kappa shape index (κ3) is 3.23. The van der Waals surface area contributed by atoms with E-state index in [2.05, 4.69) is 19.2 Å². The Balaban J connectivity index is 2.09. The molecule has 2 N–H and O–H groups in total. The van der Waals surface area contributed by atoms with Gasteiger partial charge in [0.05, 0.1) is 12.7 Å². The van der Waals surface area contributed by atoms with Gasteiger partial charge in [0, 0.05) is 20.2 Å². The molecule has 0 spiro atoms. The van der Waals surface area contributed by atoms with Gasteiger partial charge >= 0.3 is 0 Å². The van der Waals surface area contributed by atoms with Crippen LogP contribution >= 0.6 is 0 Å². The van der Waals surface area contributed by atoms with Crippen molar-refractivity contribution in [2.45, 2.75) is 32.8 Å². The lowest BCUT2D eigenvalue weighted by Gasteiger charge is -2.21. The molecule has 1 unspecified atom stereocenters. The van der Waals surface area contributed by atoms with Gasteiger partial charge in [0.1, 0.15) is 0 Å². The molecule has 1 aliphatic rings. The van der Waals surface area contributed by atoms with E-state index in [0.717, 1.165) is 12.5 Å². The quantitative estimate of drug-likeness (QED) is 0.646. The average molecular weight is 201 g/mol. The van der Waals surface area contributed by atoms with Crippen LogP contribution in [0.5, 0.6) is 0 Å². The zero-order chi connectivity index (χ0) is 10.6. The molecule has 1 fully saturated rings. The summed E-state index contributed by atoms with van der Waals surface area (Å²) in [5, 5.41) is 12.7. The van der Waals surface area contributed by atoms with E-state index in [9.17, 15) is 5.11 Å². The van der Waals surface area contributed by atoms with Crippen molar-refractivity contribution in [3.05, 3.63) is 0 Å². The maximum Gasteiger partial charge on any atom is 0.0897 e. The maximum atomic E-state index is 9.42. The van der Waals surface area contributed by atoms with Crippen molar-refractivity contribution >= 4 is 0 Å². The summed E-state index contributed by atoms with van der Waals surface area (Å²) in [5.41, 5.74) is 0.521. The fourth-order valence-corrected chi connectivity index (χ4v) is 1.86. The Bertz CT molecular complexity index is 167. The first-order valence-corrected chi connectivity index (χ1v) is 5.48. The Labute approximate surface area is 86.8 Å². The van der Waals surface area contributed by atoms with Crippen LogP contribution in [-0.4, -0.2) is 38.0 Å². The van der Waals surface area contributed by atoms with Gasteiger partial charge in [-0.05, 0) is 24.2 Å². The van der Waals surface area contributed by atoms with Crippen molar-refractivity contribution in [2.24, 2.45) is 11.3 Å². The highest BCUT2D eigenvalue weighted by Gasteiger charge is 2.44. The maximum absolute atomic E-state index is 9.42. The van der Waals surface area contributed by atoms with Crippen molar-refractivity contribution in [3.8, 4) is 0 Å². The van der Waals surface area contributed by atoms with Crippen molar-refractivity contribution in [3.63, 3.8) is 0 Å². The molecule has 1 aliphatic carbocycles. The summed E-state index contributed by atoms with van der Waals surface area (Å²) in [7, 11) is 1.61. The molecular weight excluding hydrogens is 178 g/mol. The van der Waals surface area contributed by atoms with E-state index in [1.165, 1.54) is 12.8 Å². The summed E-state index contributed by atoms with van der Waals surface area (Å²) < 4.78 is 4.86. The van der Waals surface area contributed by atoms with E-state index in [1.54, 1.807) is 7.11 Å². The number of rotatable bonds is 7. The van der Waals surface area contributed by atoms with Crippen molar-refractivity contribution < 1.29 is 9.84 Å². The van der Waals surface area contributed by atoms with Gasteiger partial charge in [-0.1, -0.05) is 13.8 Å². The molecule has 3 heteroatoms. The minimum absolute atomic E-state index is 0.372. The van der Waals surface area contributed by atoms with Crippen LogP contribution in [0.1, 0.15) is 26.7 Å².